The third-order valence-corrected chi connectivity index (χ3v) is 3.50. The lowest BCUT2D eigenvalue weighted by molar-refractivity contribution is 0.256. The van der Waals surface area contributed by atoms with Crippen LogP contribution in [0.15, 0.2) is 24.3 Å². The van der Waals surface area contributed by atoms with Gasteiger partial charge in [0.25, 0.3) is 0 Å². The summed E-state index contributed by atoms with van der Waals surface area (Å²) in [5.41, 5.74) is 7.69. The number of aromatic nitrogens is 2. The number of primary amides is 1. The molecule has 0 atom stereocenters. The molecule has 1 saturated carbocycles. The van der Waals surface area contributed by atoms with E-state index in [2.05, 4.69) is 10.2 Å². The second kappa shape index (κ2) is 4.56. The molecule has 2 aromatic rings. The topological polar surface area (TPSA) is 95.2 Å². The third kappa shape index (κ3) is 2.20. The second-order valence-corrected chi connectivity index (χ2v) is 5.10. The molecule has 0 unspecified atom stereocenters. The number of rotatable bonds is 3. The van der Waals surface area contributed by atoms with Crippen LogP contribution in [-0.4, -0.2) is 21.3 Å². The molecule has 1 heterocycles. The van der Waals surface area contributed by atoms with Crippen molar-refractivity contribution >= 4 is 17.5 Å². The van der Waals surface area contributed by atoms with Gasteiger partial charge >= 0.3 is 6.03 Å². The minimum Gasteiger partial charge on any atom is -0.508 e. The van der Waals surface area contributed by atoms with Crippen molar-refractivity contribution in [2.24, 2.45) is 5.73 Å². The van der Waals surface area contributed by atoms with Crippen LogP contribution in [0, 0.1) is 6.92 Å². The first kappa shape index (κ1) is 12.5. The Labute approximate surface area is 116 Å². The molecule has 0 saturated heterocycles. The molecule has 4 N–H and O–H groups in total. The number of nitrogens with zero attached hydrogens (tertiary/aromatic N) is 2. The zero-order valence-electron chi connectivity index (χ0n) is 11.1. The van der Waals surface area contributed by atoms with Crippen LogP contribution in [0.2, 0.25) is 0 Å². The minimum absolute atomic E-state index is 0.117. The molecule has 0 bridgehead atoms. The number of hydrogen-bond donors (Lipinski definition) is 3. The van der Waals surface area contributed by atoms with Crippen LogP contribution in [0.4, 0.5) is 16.3 Å². The van der Waals surface area contributed by atoms with Gasteiger partial charge in [0.15, 0.2) is 5.82 Å². The Balaban J connectivity index is 1.98. The van der Waals surface area contributed by atoms with E-state index in [1.54, 1.807) is 19.1 Å². The Bertz CT molecular complexity index is 661. The van der Waals surface area contributed by atoms with E-state index >= 15 is 0 Å². The van der Waals surface area contributed by atoms with Crippen LogP contribution < -0.4 is 10.6 Å². The van der Waals surface area contributed by atoms with Gasteiger partial charge in [-0.05, 0) is 31.4 Å². The average Bonchev–Trinajstić information content (AvgIpc) is 3.14. The van der Waals surface area contributed by atoms with E-state index in [-0.39, 0.29) is 5.75 Å². The highest BCUT2D eigenvalue weighted by atomic mass is 16.3. The quantitative estimate of drug-likeness (QED) is 0.801. The number of urea groups is 1. The van der Waals surface area contributed by atoms with Gasteiger partial charge in [0.2, 0.25) is 0 Å². The number of aromatic hydroxyl groups is 1. The zero-order valence-corrected chi connectivity index (χ0v) is 11.1. The van der Waals surface area contributed by atoms with Crippen molar-refractivity contribution in [1.29, 1.82) is 0 Å². The van der Waals surface area contributed by atoms with E-state index in [9.17, 15) is 9.90 Å². The lowest BCUT2D eigenvalue weighted by atomic mass is 10.2. The molecule has 104 valence electrons. The van der Waals surface area contributed by atoms with Gasteiger partial charge in [-0.1, -0.05) is 6.07 Å². The molecule has 1 aromatic carbocycles. The van der Waals surface area contributed by atoms with E-state index < -0.39 is 6.03 Å². The number of nitrogens with two attached hydrogens (primary N) is 1. The summed E-state index contributed by atoms with van der Waals surface area (Å²) >= 11 is 0. The summed E-state index contributed by atoms with van der Waals surface area (Å²) in [5.74, 6) is 1.08. The van der Waals surface area contributed by atoms with Crippen molar-refractivity contribution in [3.8, 4) is 5.75 Å². The number of phenolic OH excluding ortho intramolecular Hbond substituents is 1. The first-order valence-electron chi connectivity index (χ1n) is 6.50. The summed E-state index contributed by atoms with van der Waals surface area (Å²) in [4.78, 5) is 13.0. The third-order valence-electron chi connectivity index (χ3n) is 3.50. The SMILES string of the molecule is Cc1ccc(N(C(N)=O)c2cc(C3CC3)[nH]n2)cc1O. The molecule has 1 fully saturated rings. The number of amides is 2. The van der Waals surface area contributed by atoms with Gasteiger partial charge in [0.05, 0.1) is 5.69 Å². The van der Waals surface area contributed by atoms with Crippen LogP contribution in [0.1, 0.15) is 30.0 Å². The van der Waals surface area contributed by atoms with Crippen molar-refractivity contribution < 1.29 is 9.90 Å². The van der Waals surface area contributed by atoms with Crippen molar-refractivity contribution in [1.82, 2.24) is 10.2 Å². The van der Waals surface area contributed by atoms with Gasteiger partial charge in [0, 0.05) is 23.7 Å². The predicted octanol–water partition coefficient (Wildman–Crippen LogP) is 2.52. The van der Waals surface area contributed by atoms with Crippen molar-refractivity contribution in [2.45, 2.75) is 25.7 Å². The lowest BCUT2D eigenvalue weighted by Crippen LogP contribution is -2.31. The number of H-pyrrole nitrogens is 1. The van der Waals surface area contributed by atoms with Crippen molar-refractivity contribution in [2.75, 3.05) is 4.90 Å². The molecule has 3 rings (SSSR count). The van der Waals surface area contributed by atoms with E-state index in [1.165, 1.54) is 11.0 Å². The number of aryl methyl sites for hydroxylation is 1. The van der Waals surface area contributed by atoms with Gasteiger partial charge in [0.1, 0.15) is 5.75 Å². The zero-order chi connectivity index (χ0) is 14.3. The summed E-state index contributed by atoms with van der Waals surface area (Å²) in [6, 6.07) is 6.16. The highest BCUT2D eigenvalue weighted by Crippen LogP contribution is 2.40. The van der Waals surface area contributed by atoms with E-state index in [4.69, 9.17) is 5.73 Å². The lowest BCUT2D eigenvalue weighted by Gasteiger charge is -2.18. The summed E-state index contributed by atoms with van der Waals surface area (Å²) in [5, 5.41) is 16.9. The Hall–Kier alpha value is -2.50. The van der Waals surface area contributed by atoms with Gasteiger partial charge in [-0.25, -0.2) is 9.69 Å². The maximum Gasteiger partial charge on any atom is 0.325 e. The summed E-state index contributed by atoms with van der Waals surface area (Å²) in [6.07, 6.45) is 2.28. The Morgan fingerprint density at radius 1 is 1.45 bits per heavy atom. The van der Waals surface area contributed by atoms with Crippen LogP contribution in [0.5, 0.6) is 5.75 Å². The Morgan fingerprint density at radius 2 is 2.20 bits per heavy atom. The second-order valence-electron chi connectivity index (χ2n) is 5.10. The number of anilines is 2. The average molecular weight is 272 g/mol. The highest BCUT2D eigenvalue weighted by Gasteiger charge is 2.27. The number of aromatic amines is 1. The molecular formula is C14H16N4O2. The smallest absolute Gasteiger partial charge is 0.325 e. The van der Waals surface area contributed by atoms with Crippen LogP contribution in [-0.2, 0) is 0 Å². The molecule has 1 aromatic heterocycles. The number of hydrogen-bond acceptors (Lipinski definition) is 3. The molecule has 1 aliphatic carbocycles. The Morgan fingerprint density at radius 3 is 2.80 bits per heavy atom. The molecule has 20 heavy (non-hydrogen) atoms. The van der Waals surface area contributed by atoms with Crippen LogP contribution >= 0.6 is 0 Å². The van der Waals surface area contributed by atoms with E-state index in [1.807, 2.05) is 6.07 Å². The van der Waals surface area contributed by atoms with Crippen LogP contribution in [0.3, 0.4) is 0 Å². The number of carbonyl (C=O) groups is 1. The molecule has 0 radical (unpaired) electrons. The predicted molar refractivity (Wildman–Crippen MR) is 75.1 cm³/mol. The standard InChI is InChI=1S/C14H16N4O2/c1-8-2-5-10(6-12(8)19)18(14(15)20)13-7-11(16-17-13)9-3-4-9/h2,5-7,9,19H,3-4H2,1H3,(H2,15,20)(H,16,17). The largest absolute Gasteiger partial charge is 0.508 e. The molecule has 6 heteroatoms. The molecule has 0 spiro atoms. The molecule has 0 aliphatic heterocycles. The Kier molecular flexibility index (Phi) is 2.85. The number of carbonyl (C=O) groups excluding carboxylic acids is 1. The first-order valence-corrected chi connectivity index (χ1v) is 6.50. The number of nitrogens with one attached hydrogen (secondary N) is 1. The molecular weight excluding hydrogens is 256 g/mol. The molecule has 6 nitrogen and oxygen atoms in total. The molecule has 1 aliphatic rings. The van der Waals surface area contributed by atoms with Crippen molar-refractivity contribution in [3.05, 3.63) is 35.5 Å². The number of benzene rings is 1. The van der Waals surface area contributed by atoms with Gasteiger partial charge in [-0.3, -0.25) is 5.10 Å². The van der Waals surface area contributed by atoms with E-state index in [0.717, 1.165) is 24.1 Å². The van der Waals surface area contributed by atoms with Gasteiger partial charge in [-0.15, -0.1) is 0 Å². The van der Waals surface area contributed by atoms with Crippen LogP contribution in [0.25, 0.3) is 0 Å². The fourth-order valence-electron chi connectivity index (χ4n) is 2.15. The fourth-order valence-corrected chi connectivity index (χ4v) is 2.15. The monoisotopic (exact) mass is 272 g/mol. The van der Waals surface area contributed by atoms with Gasteiger partial charge < -0.3 is 10.8 Å². The molecule has 2 amide bonds. The highest BCUT2D eigenvalue weighted by molar-refractivity contribution is 5.97. The summed E-state index contributed by atoms with van der Waals surface area (Å²) < 4.78 is 0. The number of phenols is 1. The summed E-state index contributed by atoms with van der Waals surface area (Å²) in [7, 11) is 0. The van der Waals surface area contributed by atoms with Crippen molar-refractivity contribution in [3.63, 3.8) is 0 Å². The van der Waals surface area contributed by atoms with E-state index in [0.29, 0.717) is 17.4 Å². The maximum absolute atomic E-state index is 11.7. The van der Waals surface area contributed by atoms with Gasteiger partial charge in [-0.2, -0.15) is 5.10 Å². The maximum atomic E-state index is 11.7. The summed E-state index contributed by atoms with van der Waals surface area (Å²) in [6.45, 7) is 1.79. The minimum atomic E-state index is -0.637. The normalized spacial score (nSPS) is 14.2. The first-order chi connectivity index (χ1) is 9.56. The fraction of sp³-hybridized carbons (Fsp3) is 0.286.